The van der Waals surface area contributed by atoms with Crippen LogP contribution in [0.5, 0.6) is 0 Å². The minimum atomic E-state index is -0.727. The number of aldehydes is 1. The summed E-state index contributed by atoms with van der Waals surface area (Å²) in [6.45, 7) is 5.43. The van der Waals surface area contributed by atoms with Crippen LogP contribution < -0.4 is 0 Å². The zero-order valence-corrected chi connectivity index (χ0v) is 12.2. The van der Waals surface area contributed by atoms with Crippen LogP contribution in [0.3, 0.4) is 0 Å². The Hall–Kier alpha value is -1.68. The molecule has 0 bridgehead atoms. The third-order valence-electron chi connectivity index (χ3n) is 3.43. The molecule has 1 aliphatic heterocycles. The summed E-state index contributed by atoms with van der Waals surface area (Å²) in [7, 11) is 0. The Balaban J connectivity index is 0.000000956. The van der Waals surface area contributed by atoms with E-state index in [0.29, 0.717) is 12.1 Å². The van der Waals surface area contributed by atoms with Crippen molar-refractivity contribution >= 4 is 12.3 Å². The fourth-order valence-corrected chi connectivity index (χ4v) is 2.44. The van der Waals surface area contributed by atoms with Gasteiger partial charge < -0.3 is 5.11 Å². The van der Waals surface area contributed by atoms with Crippen molar-refractivity contribution < 1.29 is 14.7 Å². The van der Waals surface area contributed by atoms with Crippen molar-refractivity contribution in [2.24, 2.45) is 5.92 Å². The van der Waals surface area contributed by atoms with Gasteiger partial charge >= 0.3 is 5.97 Å². The smallest absolute Gasteiger partial charge is 0.307 e. The Labute approximate surface area is 120 Å². The number of nitrogens with zero attached hydrogens (tertiary/aromatic N) is 1. The molecule has 4 heteroatoms. The van der Waals surface area contributed by atoms with E-state index >= 15 is 0 Å². The van der Waals surface area contributed by atoms with Crippen molar-refractivity contribution in [2.75, 3.05) is 13.1 Å². The van der Waals surface area contributed by atoms with Crippen LogP contribution in [0.2, 0.25) is 0 Å². The second-order valence-electron chi connectivity index (χ2n) is 4.69. The van der Waals surface area contributed by atoms with Gasteiger partial charge in [-0.05, 0) is 19.4 Å². The molecule has 2 aliphatic rings. The van der Waals surface area contributed by atoms with Crippen LogP contribution in [0, 0.1) is 5.92 Å². The van der Waals surface area contributed by atoms with Gasteiger partial charge in [0.05, 0.1) is 5.92 Å². The summed E-state index contributed by atoms with van der Waals surface area (Å²) in [5.74, 6) is -1.02. The monoisotopic (exact) mass is 277 g/mol. The summed E-state index contributed by atoms with van der Waals surface area (Å²) < 4.78 is 0. The van der Waals surface area contributed by atoms with E-state index in [2.05, 4.69) is 4.90 Å². The molecule has 2 unspecified atom stereocenters. The van der Waals surface area contributed by atoms with Crippen LogP contribution in [0.1, 0.15) is 26.7 Å². The summed E-state index contributed by atoms with van der Waals surface area (Å²) in [5.41, 5.74) is 0.641. The molecule has 0 aromatic heterocycles. The molecule has 2 rings (SSSR count). The molecule has 1 saturated heterocycles. The molecule has 0 radical (unpaired) electrons. The number of carboxylic acid groups (broad SMARTS) is 1. The van der Waals surface area contributed by atoms with E-state index in [1.54, 1.807) is 6.08 Å². The third kappa shape index (κ3) is 4.46. The maximum atomic E-state index is 11.0. The maximum absolute atomic E-state index is 11.0. The number of carboxylic acids is 1. The summed E-state index contributed by atoms with van der Waals surface area (Å²) in [4.78, 5) is 24.0. The molecule has 1 heterocycles. The van der Waals surface area contributed by atoms with Crippen molar-refractivity contribution in [1.82, 2.24) is 4.90 Å². The number of hydrogen-bond donors (Lipinski definition) is 1. The normalized spacial score (nSPS) is 26.0. The van der Waals surface area contributed by atoms with Gasteiger partial charge in [0.2, 0.25) is 0 Å². The van der Waals surface area contributed by atoms with E-state index < -0.39 is 5.97 Å². The highest BCUT2D eigenvalue weighted by Crippen LogP contribution is 2.21. The number of aliphatic carboxylic acids is 1. The van der Waals surface area contributed by atoms with Gasteiger partial charge in [0.25, 0.3) is 0 Å². The number of allylic oxidation sites excluding steroid dienone is 4. The molecule has 4 nitrogen and oxygen atoms in total. The lowest BCUT2D eigenvalue weighted by molar-refractivity contribution is -0.143. The predicted molar refractivity (Wildman–Crippen MR) is 79.5 cm³/mol. The molecule has 2 atom stereocenters. The van der Waals surface area contributed by atoms with Gasteiger partial charge in [0.1, 0.15) is 6.29 Å². The number of carbonyl (C=O) groups is 2. The minimum absolute atomic E-state index is 0.0161. The molecular formula is C16H23NO3. The third-order valence-corrected chi connectivity index (χ3v) is 3.43. The SMILES string of the molecule is CC.O=CC1=CC(N2CCCC(C(=O)O)C2)C=CC=C1. The number of likely N-dealkylation sites (tertiary alicyclic amines) is 1. The second-order valence-corrected chi connectivity index (χ2v) is 4.69. The van der Waals surface area contributed by atoms with Gasteiger partial charge in [-0.25, -0.2) is 0 Å². The van der Waals surface area contributed by atoms with Crippen molar-refractivity contribution in [3.05, 3.63) is 36.0 Å². The molecule has 1 fully saturated rings. The van der Waals surface area contributed by atoms with Crippen molar-refractivity contribution in [3.8, 4) is 0 Å². The van der Waals surface area contributed by atoms with Crippen LogP contribution in [0.25, 0.3) is 0 Å². The highest BCUT2D eigenvalue weighted by atomic mass is 16.4. The Morgan fingerprint density at radius 2 is 2.15 bits per heavy atom. The van der Waals surface area contributed by atoms with Crippen molar-refractivity contribution in [3.63, 3.8) is 0 Å². The fourth-order valence-electron chi connectivity index (χ4n) is 2.44. The number of piperidine rings is 1. The first-order valence-electron chi connectivity index (χ1n) is 7.19. The lowest BCUT2D eigenvalue weighted by Gasteiger charge is -2.34. The van der Waals surface area contributed by atoms with Crippen LogP contribution in [0.4, 0.5) is 0 Å². The number of hydrogen-bond acceptors (Lipinski definition) is 3. The Kier molecular flexibility index (Phi) is 6.94. The second kappa shape index (κ2) is 8.48. The Morgan fingerprint density at radius 3 is 2.80 bits per heavy atom. The van der Waals surface area contributed by atoms with E-state index in [-0.39, 0.29) is 12.0 Å². The van der Waals surface area contributed by atoms with Crippen LogP contribution in [-0.2, 0) is 9.59 Å². The fraction of sp³-hybridized carbons (Fsp3) is 0.500. The molecule has 1 aliphatic carbocycles. The average Bonchev–Trinajstić information content (AvgIpc) is 2.75. The molecule has 110 valence electrons. The van der Waals surface area contributed by atoms with Gasteiger partial charge in [-0.1, -0.05) is 44.2 Å². The Bertz CT molecular complexity index is 423. The maximum Gasteiger partial charge on any atom is 0.307 e. The van der Waals surface area contributed by atoms with Gasteiger partial charge in [-0.3, -0.25) is 14.5 Å². The van der Waals surface area contributed by atoms with E-state index in [1.165, 1.54) is 0 Å². The molecule has 0 aromatic carbocycles. The van der Waals surface area contributed by atoms with Crippen LogP contribution in [-0.4, -0.2) is 41.4 Å². The topological polar surface area (TPSA) is 57.6 Å². The quantitative estimate of drug-likeness (QED) is 0.805. The Morgan fingerprint density at radius 1 is 1.40 bits per heavy atom. The van der Waals surface area contributed by atoms with Gasteiger partial charge in [0, 0.05) is 18.2 Å². The van der Waals surface area contributed by atoms with Gasteiger partial charge in [0.15, 0.2) is 0 Å². The van der Waals surface area contributed by atoms with E-state index in [0.717, 1.165) is 25.7 Å². The van der Waals surface area contributed by atoms with E-state index in [4.69, 9.17) is 5.11 Å². The molecule has 0 saturated carbocycles. The molecule has 0 amide bonds. The summed E-state index contributed by atoms with van der Waals surface area (Å²) >= 11 is 0. The lowest BCUT2D eigenvalue weighted by Crippen LogP contribution is -2.43. The zero-order chi connectivity index (χ0) is 15.0. The summed E-state index contributed by atoms with van der Waals surface area (Å²) in [6.07, 6.45) is 11.8. The number of carbonyl (C=O) groups excluding carboxylic acids is 1. The first-order valence-corrected chi connectivity index (χ1v) is 7.19. The molecule has 0 aromatic rings. The molecule has 0 spiro atoms. The largest absolute Gasteiger partial charge is 0.481 e. The van der Waals surface area contributed by atoms with Crippen LogP contribution >= 0.6 is 0 Å². The van der Waals surface area contributed by atoms with Crippen molar-refractivity contribution in [1.29, 1.82) is 0 Å². The molecule has 20 heavy (non-hydrogen) atoms. The molecule has 1 N–H and O–H groups in total. The summed E-state index contributed by atoms with van der Waals surface area (Å²) in [5, 5.41) is 9.08. The zero-order valence-electron chi connectivity index (χ0n) is 12.2. The van der Waals surface area contributed by atoms with E-state index in [9.17, 15) is 9.59 Å². The highest BCUT2D eigenvalue weighted by Gasteiger charge is 2.28. The highest BCUT2D eigenvalue weighted by molar-refractivity contribution is 5.78. The molecular weight excluding hydrogens is 254 g/mol. The van der Waals surface area contributed by atoms with Crippen LogP contribution in [0.15, 0.2) is 36.0 Å². The minimum Gasteiger partial charge on any atom is -0.481 e. The standard InChI is InChI=1S/C14H17NO3.C2H6/c16-10-11-4-1-2-6-13(8-11)15-7-3-5-12(9-15)14(17)18;1-2/h1-2,4,6,8,10,12-13H,3,5,7,9H2,(H,17,18);1-2H3. The first-order chi connectivity index (χ1) is 9.70. The average molecular weight is 277 g/mol. The first kappa shape index (κ1) is 16.4. The predicted octanol–water partition coefficient (Wildman–Crippen LogP) is 2.43. The van der Waals surface area contributed by atoms with Crippen molar-refractivity contribution in [2.45, 2.75) is 32.7 Å². The van der Waals surface area contributed by atoms with Gasteiger partial charge in [-0.15, -0.1) is 0 Å². The van der Waals surface area contributed by atoms with E-state index in [1.807, 2.05) is 38.2 Å². The summed E-state index contributed by atoms with van der Waals surface area (Å²) in [6, 6.07) is 0.0161. The van der Waals surface area contributed by atoms with Gasteiger partial charge in [-0.2, -0.15) is 0 Å². The number of rotatable bonds is 3. The lowest BCUT2D eigenvalue weighted by atomic mass is 9.96.